The van der Waals surface area contributed by atoms with Gasteiger partial charge in [0.25, 0.3) is 0 Å². The number of hydrogen-bond donors (Lipinski definition) is 2. The average molecular weight is 253 g/mol. The van der Waals surface area contributed by atoms with Crippen molar-refractivity contribution in [1.29, 1.82) is 5.26 Å². The van der Waals surface area contributed by atoms with E-state index in [0.717, 1.165) is 19.4 Å². The lowest BCUT2D eigenvalue weighted by Crippen LogP contribution is -2.49. The number of nitrogens with zero attached hydrogens (tertiary/aromatic N) is 1. The van der Waals surface area contributed by atoms with Gasteiger partial charge in [-0.25, -0.2) is 0 Å². The summed E-state index contributed by atoms with van der Waals surface area (Å²) in [5, 5.41) is 15.0. The molecule has 0 aromatic carbocycles. The van der Waals surface area contributed by atoms with Crippen LogP contribution in [0.25, 0.3) is 0 Å². The SMILES string of the molecule is CC(NCCCC(C)(C)C#N)C(=O)NC(C)(C)C. The molecule has 0 saturated carbocycles. The first-order valence-electron chi connectivity index (χ1n) is 6.54. The van der Waals surface area contributed by atoms with Crippen LogP contribution in [-0.4, -0.2) is 24.0 Å². The maximum atomic E-state index is 11.8. The Kier molecular flexibility index (Phi) is 6.34. The smallest absolute Gasteiger partial charge is 0.237 e. The quantitative estimate of drug-likeness (QED) is 0.713. The molecular formula is C14H27N3O. The molecule has 0 radical (unpaired) electrons. The zero-order valence-corrected chi connectivity index (χ0v) is 12.6. The lowest BCUT2D eigenvalue weighted by atomic mass is 9.90. The highest BCUT2D eigenvalue weighted by Gasteiger charge is 2.19. The first-order valence-corrected chi connectivity index (χ1v) is 6.54. The number of nitriles is 1. The van der Waals surface area contributed by atoms with E-state index in [1.165, 1.54) is 0 Å². The van der Waals surface area contributed by atoms with Crippen LogP contribution in [0.4, 0.5) is 0 Å². The second kappa shape index (κ2) is 6.75. The van der Waals surface area contributed by atoms with Crippen LogP contribution in [0.5, 0.6) is 0 Å². The van der Waals surface area contributed by atoms with Gasteiger partial charge in [0.15, 0.2) is 0 Å². The van der Waals surface area contributed by atoms with E-state index in [4.69, 9.17) is 5.26 Å². The lowest BCUT2D eigenvalue weighted by molar-refractivity contribution is -0.124. The van der Waals surface area contributed by atoms with E-state index in [-0.39, 0.29) is 22.9 Å². The van der Waals surface area contributed by atoms with Crippen LogP contribution in [0.3, 0.4) is 0 Å². The van der Waals surface area contributed by atoms with Gasteiger partial charge in [-0.15, -0.1) is 0 Å². The molecule has 0 aliphatic carbocycles. The van der Waals surface area contributed by atoms with Gasteiger partial charge < -0.3 is 10.6 Å². The second-order valence-electron chi connectivity index (χ2n) is 6.51. The first-order chi connectivity index (χ1) is 8.07. The normalized spacial score (nSPS) is 13.8. The standard InChI is InChI=1S/C14H27N3O/c1-11(12(18)17-13(2,3)4)16-9-7-8-14(5,6)10-15/h11,16H,7-9H2,1-6H3,(H,17,18). The van der Waals surface area contributed by atoms with Gasteiger partial charge in [-0.3, -0.25) is 4.79 Å². The van der Waals surface area contributed by atoms with Gasteiger partial charge in [0.05, 0.1) is 17.5 Å². The van der Waals surface area contributed by atoms with Gasteiger partial charge >= 0.3 is 0 Å². The fraction of sp³-hybridized carbons (Fsp3) is 0.857. The topological polar surface area (TPSA) is 64.9 Å². The highest BCUT2D eigenvalue weighted by Crippen LogP contribution is 2.19. The van der Waals surface area contributed by atoms with E-state index >= 15 is 0 Å². The summed E-state index contributed by atoms with van der Waals surface area (Å²) in [5.41, 5.74) is -0.478. The third-order valence-electron chi connectivity index (χ3n) is 2.62. The Balaban J connectivity index is 3.88. The minimum absolute atomic E-state index is 0.0158. The predicted molar refractivity (Wildman–Crippen MR) is 74.0 cm³/mol. The van der Waals surface area contributed by atoms with Gasteiger partial charge in [0, 0.05) is 5.54 Å². The summed E-state index contributed by atoms with van der Waals surface area (Å²) in [5.74, 6) is 0.0158. The molecule has 4 heteroatoms. The van der Waals surface area contributed by atoms with Crippen molar-refractivity contribution in [3.8, 4) is 6.07 Å². The molecule has 2 N–H and O–H groups in total. The van der Waals surface area contributed by atoms with Crippen molar-refractivity contribution in [1.82, 2.24) is 10.6 Å². The minimum atomic E-state index is -0.279. The van der Waals surface area contributed by atoms with Gasteiger partial charge in [0.1, 0.15) is 0 Å². The number of amides is 1. The van der Waals surface area contributed by atoms with Gasteiger partial charge in [-0.2, -0.15) is 5.26 Å². The summed E-state index contributed by atoms with van der Waals surface area (Å²) in [7, 11) is 0. The molecule has 0 fully saturated rings. The Morgan fingerprint density at radius 3 is 2.28 bits per heavy atom. The molecule has 0 aromatic heterocycles. The summed E-state index contributed by atoms with van der Waals surface area (Å²) >= 11 is 0. The van der Waals surface area contributed by atoms with Crippen molar-refractivity contribution in [2.75, 3.05) is 6.54 Å². The zero-order chi connectivity index (χ0) is 14.4. The molecule has 0 aromatic rings. The summed E-state index contributed by atoms with van der Waals surface area (Å²) in [4.78, 5) is 11.8. The molecule has 1 atom stereocenters. The summed E-state index contributed by atoms with van der Waals surface area (Å²) in [6.07, 6.45) is 1.73. The van der Waals surface area contributed by atoms with E-state index in [9.17, 15) is 4.79 Å². The van der Waals surface area contributed by atoms with Gasteiger partial charge in [-0.05, 0) is 60.9 Å². The molecule has 1 amide bonds. The maximum Gasteiger partial charge on any atom is 0.237 e. The Morgan fingerprint density at radius 1 is 1.28 bits per heavy atom. The third-order valence-corrected chi connectivity index (χ3v) is 2.62. The van der Waals surface area contributed by atoms with E-state index in [1.54, 1.807) is 0 Å². The van der Waals surface area contributed by atoms with Crippen LogP contribution < -0.4 is 10.6 Å². The molecule has 0 heterocycles. The number of hydrogen-bond acceptors (Lipinski definition) is 3. The number of nitrogens with one attached hydrogen (secondary N) is 2. The number of rotatable bonds is 6. The zero-order valence-electron chi connectivity index (χ0n) is 12.6. The molecular weight excluding hydrogens is 226 g/mol. The molecule has 0 saturated heterocycles. The second-order valence-corrected chi connectivity index (χ2v) is 6.51. The molecule has 0 aliphatic rings. The molecule has 0 spiro atoms. The van der Waals surface area contributed by atoms with Gasteiger partial charge in [-0.1, -0.05) is 0 Å². The molecule has 104 valence electrons. The van der Waals surface area contributed by atoms with Gasteiger partial charge in [0.2, 0.25) is 5.91 Å². The van der Waals surface area contributed by atoms with Crippen LogP contribution in [0.2, 0.25) is 0 Å². The lowest BCUT2D eigenvalue weighted by Gasteiger charge is -2.24. The van der Waals surface area contributed by atoms with Crippen LogP contribution in [0.15, 0.2) is 0 Å². The summed E-state index contributed by atoms with van der Waals surface area (Å²) < 4.78 is 0. The first kappa shape index (κ1) is 16.9. The average Bonchev–Trinajstić information content (AvgIpc) is 2.21. The van der Waals surface area contributed by atoms with Crippen LogP contribution >= 0.6 is 0 Å². The molecule has 0 rings (SSSR count). The molecule has 18 heavy (non-hydrogen) atoms. The Morgan fingerprint density at radius 2 is 1.83 bits per heavy atom. The Hall–Kier alpha value is -1.08. The number of carbonyl (C=O) groups excluding carboxylic acids is 1. The van der Waals surface area contributed by atoms with Crippen molar-refractivity contribution in [3.05, 3.63) is 0 Å². The van der Waals surface area contributed by atoms with Crippen molar-refractivity contribution < 1.29 is 4.79 Å². The van der Waals surface area contributed by atoms with Crippen LogP contribution in [-0.2, 0) is 4.79 Å². The third kappa shape index (κ3) is 8.08. The van der Waals surface area contributed by atoms with Crippen molar-refractivity contribution >= 4 is 5.91 Å². The Bertz CT molecular complexity index is 310. The summed E-state index contributed by atoms with van der Waals surface area (Å²) in [6.45, 7) is 12.4. The Labute approximate surface area is 111 Å². The van der Waals surface area contributed by atoms with E-state index < -0.39 is 0 Å². The molecule has 4 nitrogen and oxygen atoms in total. The minimum Gasteiger partial charge on any atom is -0.350 e. The maximum absolute atomic E-state index is 11.8. The predicted octanol–water partition coefficient (Wildman–Crippen LogP) is 2.21. The van der Waals surface area contributed by atoms with Crippen molar-refractivity contribution in [3.63, 3.8) is 0 Å². The van der Waals surface area contributed by atoms with E-state index in [1.807, 2.05) is 41.5 Å². The summed E-state index contributed by atoms with van der Waals surface area (Å²) in [6, 6.07) is 2.08. The van der Waals surface area contributed by atoms with E-state index in [2.05, 4.69) is 16.7 Å². The highest BCUT2D eigenvalue weighted by atomic mass is 16.2. The fourth-order valence-corrected chi connectivity index (χ4v) is 1.48. The van der Waals surface area contributed by atoms with Crippen LogP contribution in [0.1, 0.15) is 54.4 Å². The monoisotopic (exact) mass is 253 g/mol. The van der Waals surface area contributed by atoms with Crippen LogP contribution in [0, 0.1) is 16.7 Å². The fourth-order valence-electron chi connectivity index (χ4n) is 1.48. The van der Waals surface area contributed by atoms with Crippen molar-refractivity contribution in [2.45, 2.75) is 66.0 Å². The molecule has 0 aliphatic heterocycles. The largest absolute Gasteiger partial charge is 0.350 e. The van der Waals surface area contributed by atoms with E-state index in [0.29, 0.717) is 0 Å². The number of carbonyl (C=O) groups is 1. The van der Waals surface area contributed by atoms with Crippen molar-refractivity contribution in [2.24, 2.45) is 5.41 Å². The molecule has 1 unspecified atom stereocenters. The highest BCUT2D eigenvalue weighted by molar-refractivity contribution is 5.81. The molecule has 0 bridgehead atoms.